The number of aryl methyl sites for hydroxylation is 1. The predicted molar refractivity (Wildman–Crippen MR) is 67.7 cm³/mol. The molecule has 0 aliphatic heterocycles. The molecule has 0 unspecified atom stereocenters. The maximum absolute atomic E-state index is 5.96. The van der Waals surface area contributed by atoms with E-state index >= 15 is 0 Å². The summed E-state index contributed by atoms with van der Waals surface area (Å²) in [6.07, 6.45) is 0. The van der Waals surface area contributed by atoms with Crippen molar-refractivity contribution in [1.29, 1.82) is 0 Å². The van der Waals surface area contributed by atoms with Crippen LogP contribution in [0.4, 0.5) is 5.69 Å². The third-order valence-electron chi connectivity index (χ3n) is 2.02. The largest absolute Gasteiger partial charge is 0.435 e. The van der Waals surface area contributed by atoms with Crippen LogP contribution in [-0.2, 0) is 0 Å². The lowest BCUT2D eigenvalue weighted by Crippen LogP contribution is -2.00. The molecule has 0 saturated heterocycles. The summed E-state index contributed by atoms with van der Waals surface area (Å²) >= 11 is 11.8. The number of ether oxygens (including phenoxy) is 1. The molecule has 2 rings (SSSR count). The number of nitrogens with two attached hydrogens (primary N) is 1. The number of para-hydroxylation sites is 1. The minimum absolute atomic E-state index is 0.166. The van der Waals surface area contributed by atoms with Crippen molar-refractivity contribution in [2.24, 2.45) is 0 Å². The summed E-state index contributed by atoms with van der Waals surface area (Å²) < 4.78 is 5.51. The first kappa shape index (κ1) is 12.0. The number of nitrogen functional groups attached to an aromatic ring is 1. The van der Waals surface area contributed by atoms with Gasteiger partial charge in [0.2, 0.25) is 5.88 Å². The number of hydrogen-bond donors (Lipinski definition) is 1. The van der Waals surface area contributed by atoms with Gasteiger partial charge in [-0.1, -0.05) is 35.3 Å². The molecule has 2 aromatic rings. The van der Waals surface area contributed by atoms with E-state index in [2.05, 4.69) is 9.97 Å². The Kier molecular flexibility index (Phi) is 3.36. The van der Waals surface area contributed by atoms with Gasteiger partial charge >= 0.3 is 0 Å². The van der Waals surface area contributed by atoms with E-state index in [1.807, 2.05) is 0 Å². The van der Waals surface area contributed by atoms with Crippen molar-refractivity contribution in [1.82, 2.24) is 9.97 Å². The number of aromatic nitrogens is 2. The molecule has 17 heavy (non-hydrogen) atoms. The Morgan fingerprint density at radius 1 is 1.18 bits per heavy atom. The lowest BCUT2D eigenvalue weighted by molar-refractivity contribution is 0.463. The second-order valence-corrected chi connectivity index (χ2v) is 4.08. The van der Waals surface area contributed by atoms with Crippen molar-refractivity contribution in [2.75, 3.05) is 5.73 Å². The number of rotatable bonds is 2. The average Bonchev–Trinajstić information content (AvgIpc) is 2.28. The number of nitrogens with zero attached hydrogens (tertiary/aromatic N) is 2. The molecule has 4 nitrogen and oxygen atoms in total. The smallest absolute Gasteiger partial charge is 0.247 e. The van der Waals surface area contributed by atoms with Gasteiger partial charge in [-0.15, -0.1) is 0 Å². The van der Waals surface area contributed by atoms with Gasteiger partial charge in [0, 0.05) is 0 Å². The van der Waals surface area contributed by atoms with Gasteiger partial charge in [0.25, 0.3) is 0 Å². The van der Waals surface area contributed by atoms with Crippen LogP contribution < -0.4 is 10.5 Å². The first-order valence-electron chi connectivity index (χ1n) is 4.80. The quantitative estimate of drug-likeness (QED) is 0.849. The molecule has 0 aliphatic carbocycles. The number of hydrogen-bond acceptors (Lipinski definition) is 4. The van der Waals surface area contributed by atoms with Gasteiger partial charge in [0.15, 0.2) is 5.15 Å². The first-order valence-corrected chi connectivity index (χ1v) is 5.55. The maximum Gasteiger partial charge on any atom is 0.247 e. The zero-order valence-corrected chi connectivity index (χ0v) is 10.5. The molecule has 6 heteroatoms. The number of halogens is 2. The van der Waals surface area contributed by atoms with Crippen LogP contribution in [0.1, 0.15) is 5.82 Å². The summed E-state index contributed by atoms with van der Waals surface area (Å²) in [6, 6.07) is 7.03. The highest BCUT2D eigenvalue weighted by molar-refractivity contribution is 6.32. The standard InChI is InChI=1S/C11H9Cl2N3O/c1-6-15-10(13)9(14)11(16-6)17-8-5-3-2-4-7(8)12/h2-5H,14H2,1H3. The Morgan fingerprint density at radius 2 is 1.88 bits per heavy atom. The molecule has 0 radical (unpaired) electrons. The van der Waals surface area contributed by atoms with Gasteiger partial charge in [0.05, 0.1) is 5.02 Å². The summed E-state index contributed by atoms with van der Waals surface area (Å²) in [5.41, 5.74) is 5.92. The van der Waals surface area contributed by atoms with Crippen LogP contribution in [-0.4, -0.2) is 9.97 Å². The third kappa shape index (κ3) is 2.60. The highest BCUT2D eigenvalue weighted by atomic mass is 35.5. The minimum Gasteiger partial charge on any atom is -0.435 e. The highest BCUT2D eigenvalue weighted by Crippen LogP contribution is 2.33. The number of benzene rings is 1. The van der Waals surface area contributed by atoms with Gasteiger partial charge < -0.3 is 10.5 Å². The monoisotopic (exact) mass is 269 g/mol. The maximum atomic E-state index is 5.96. The molecular formula is C11H9Cl2N3O. The van der Waals surface area contributed by atoms with Crippen molar-refractivity contribution in [2.45, 2.75) is 6.92 Å². The third-order valence-corrected chi connectivity index (χ3v) is 2.62. The fourth-order valence-corrected chi connectivity index (χ4v) is 1.61. The normalized spacial score (nSPS) is 10.3. The van der Waals surface area contributed by atoms with E-state index in [4.69, 9.17) is 33.7 Å². The van der Waals surface area contributed by atoms with Crippen LogP contribution in [0.3, 0.4) is 0 Å². The van der Waals surface area contributed by atoms with Crippen molar-refractivity contribution < 1.29 is 4.74 Å². The Bertz CT molecular complexity index is 560. The number of anilines is 1. The lowest BCUT2D eigenvalue weighted by atomic mass is 10.3. The van der Waals surface area contributed by atoms with E-state index in [1.165, 1.54) is 0 Å². The van der Waals surface area contributed by atoms with Gasteiger partial charge in [-0.2, -0.15) is 4.98 Å². The minimum atomic E-state index is 0.166. The van der Waals surface area contributed by atoms with E-state index in [9.17, 15) is 0 Å². The van der Waals surface area contributed by atoms with Crippen molar-refractivity contribution in [3.63, 3.8) is 0 Å². The highest BCUT2D eigenvalue weighted by Gasteiger charge is 2.11. The van der Waals surface area contributed by atoms with Crippen molar-refractivity contribution in [3.8, 4) is 11.6 Å². The van der Waals surface area contributed by atoms with Crippen LogP contribution in [0, 0.1) is 6.92 Å². The molecule has 0 saturated carbocycles. The summed E-state index contributed by atoms with van der Waals surface area (Å²) in [5, 5.41) is 0.638. The van der Waals surface area contributed by atoms with Gasteiger partial charge in [-0.05, 0) is 19.1 Å². The molecule has 0 amide bonds. The summed E-state index contributed by atoms with van der Waals surface area (Å²) in [5.74, 6) is 1.15. The molecule has 1 aromatic heterocycles. The molecule has 88 valence electrons. The van der Waals surface area contributed by atoms with Gasteiger partial charge in [-0.3, -0.25) is 0 Å². The summed E-state index contributed by atoms with van der Waals surface area (Å²) in [7, 11) is 0. The van der Waals surface area contributed by atoms with Crippen LogP contribution in [0.25, 0.3) is 0 Å². The summed E-state index contributed by atoms with van der Waals surface area (Å²) in [4.78, 5) is 7.98. The van der Waals surface area contributed by atoms with Gasteiger partial charge in [-0.25, -0.2) is 4.98 Å². The van der Waals surface area contributed by atoms with Crippen molar-refractivity contribution in [3.05, 3.63) is 40.3 Å². The van der Waals surface area contributed by atoms with Crippen LogP contribution in [0.15, 0.2) is 24.3 Å². The van der Waals surface area contributed by atoms with Gasteiger partial charge in [0.1, 0.15) is 17.3 Å². The molecule has 1 aromatic carbocycles. The molecular weight excluding hydrogens is 261 g/mol. The van der Waals surface area contributed by atoms with E-state index < -0.39 is 0 Å². The molecule has 0 fully saturated rings. The second-order valence-electron chi connectivity index (χ2n) is 3.31. The molecule has 2 N–H and O–H groups in total. The zero-order valence-electron chi connectivity index (χ0n) is 8.95. The Morgan fingerprint density at radius 3 is 2.59 bits per heavy atom. The summed E-state index contributed by atoms with van der Waals surface area (Å²) in [6.45, 7) is 1.70. The Balaban J connectivity index is 2.40. The first-order chi connectivity index (χ1) is 8.08. The molecule has 0 aliphatic rings. The zero-order chi connectivity index (χ0) is 12.4. The van der Waals surface area contributed by atoms with E-state index in [0.29, 0.717) is 16.6 Å². The molecule has 0 bridgehead atoms. The Labute approximate surface area is 108 Å². The fraction of sp³-hybridized carbons (Fsp3) is 0.0909. The average molecular weight is 270 g/mol. The van der Waals surface area contributed by atoms with Crippen molar-refractivity contribution >= 4 is 28.9 Å². The van der Waals surface area contributed by atoms with Crippen LogP contribution in [0.2, 0.25) is 10.2 Å². The fourth-order valence-electron chi connectivity index (χ4n) is 1.23. The van der Waals surface area contributed by atoms with E-state index in [-0.39, 0.29) is 16.7 Å². The second kappa shape index (κ2) is 4.77. The van der Waals surface area contributed by atoms with Crippen LogP contribution in [0.5, 0.6) is 11.6 Å². The lowest BCUT2D eigenvalue weighted by Gasteiger charge is -2.09. The topological polar surface area (TPSA) is 61.0 Å². The SMILES string of the molecule is Cc1nc(Cl)c(N)c(Oc2ccccc2Cl)n1. The van der Waals surface area contributed by atoms with E-state index in [0.717, 1.165) is 0 Å². The molecule has 0 spiro atoms. The predicted octanol–water partition coefficient (Wildman–Crippen LogP) is 3.47. The van der Waals surface area contributed by atoms with E-state index in [1.54, 1.807) is 31.2 Å². The van der Waals surface area contributed by atoms with Crippen LogP contribution >= 0.6 is 23.2 Å². The molecule has 1 heterocycles. The molecule has 0 atom stereocenters. The Hall–Kier alpha value is -1.52.